The minimum absolute atomic E-state index is 0.0765. The van der Waals surface area contributed by atoms with Gasteiger partial charge in [0.05, 0.1) is 18.0 Å². The fourth-order valence-corrected chi connectivity index (χ4v) is 3.09. The maximum Gasteiger partial charge on any atom is 0.251 e. The van der Waals surface area contributed by atoms with Crippen LogP contribution in [0.15, 0.2) is 42.5 Å². The molecule has 140 valence electrons. The molecule has 2 aromatic rings. The Morgan fingerprint density at radius 3 is 2.50 bits per heavy atom. The Labute approximate surface area is 154 Å². The molecule has 26 heavy (non-hydrogen) atoms. The van der Waals surface area contributed by atoms with Crippen molar-refractivity contribution in [2.75, 3.05) is 11.0 Å². The van der Waals surface area contributed by atoms with Crippen LogP contribution < -0.4 is 14.8 Å². The van der Waals surface area contributed by atoms with Gasteiger partial charge in [0.1, 0.15) is 5.75 Å². The summed E-state index contributed by atoms with van der Waals surface area (Å²) >= 11 is 0. The van der Waals surface area contributed by atoms with E-state index in [-0.39, 0.29) is 12.0 Å². The van der Waals surface area contributed by atoms with Crippen LogP contribution in [-0.4, -0.2) is 26.7 Å². The molecule has 0 aliphatic carbocycles. The maximum atomic E-state index is 12.5. The summed E-state index contributed by atoms with van der Waals surface area (Å²) in [7, 11) is -3.41. The summed E-state index contributed by atoms with van der Waals surface area (Å²) in [6.45, 7) is 5.96. The molecule has 0 aliphatic heterocycles. The lowest BCUT2D eigenvalue weighted by Gasteiger charge is -2.13. The molecular formula is C19H24N2O4S. The van der Waals surface area contributed by atoms with E-state index in [1.54, 1.807) is 25.1 Å². The van der Waals surface area contributed by atoms with Crippen LogP contribution in [0.4, 0.5) is 5.69 Å². The first-order valence-corrected chi connectivity index (χ1v) is 10.2. The second kappa shape index (κ2) is 8.23. The van der Waals surface area contributed by atoms with Crippen molar-refractivity contribution in [3.8, 4) is 5.75 Å². The molecule has 1 amide bonds. The van der Waals surface area contributed by atoms with Gasteiger partial charge in [0, 0.05) is 12.1 Å². The third kappa shape index (κ3) is 5.77. The van der Waals surface area contributed by atoms with Crippen LogP contribution in [0.2, 0.25) is 0 Å². The summed E-state index contributed by atoms with van der Waals surface area (Å²) in [5, 5.41) is 2.85. The van der Waals surface area contributed by atoms with Gasteiger partial charge in [-0.2, -0.15) is 0 Å². The topological polar surface area (TPSA) is 84.5 Å². The summed E-state index contributed by atoms with van der Waals surface area (Å²) < 4.78 is 30.9. The standard InChI is InChI=1S/C19H24N2O4S/c1-13(2)25-16-8-5-7-15(11-16)12-20-19(22)17-9-6-10-18(14(17)3)21-26(4,23)24/h5-11,13,21H,12H2,1-4H3,(H,20,22). The summed E-state index contributed by atoms with van der Waals surface area (Å²) in [5.74, 6) is 0.483. The minimum Gasteiger partial charge on any atom is -0.491 e. The summed E-state index contributed by atoms with van der Waals surface area (Å²) in [4.78, 5) is 12.5. The second-order valence-corrected chi connectivity index (χ2v) is 8.10. The van der Waals surface area contributed by atoms with Gasteiger partial charge < -0.3 is 10.1 Å². The molecule has 6 nitrogen and oxygen atoms in total. The van der Waals surface area contributed by atoms with Crippen LogP contribution >= 0.6 is 0 Å². The Kier molecular flexibility index (Phi) is 6.26. The number of amides is 1. The number of nitrogens with one attached hydrogen (secondary N) is 2. The Hall–Kier alpha value is -2.54. The van der Waals surface area contributed by atoms with Gasteiger partial charge in [0.25, 0.3) is 5.91 Å². The van der Waals surface area contributed by atoms with E-state index in [2.05, 4.69) is 10.0 Å². The van der Waals surface area contributed by atoms with Crippen molar-refractivity contribution >= 4 is 21.6 Å². The molecular weight excluding hydrogens is 352 g/mol. The fraction of sp³-hybridized carbons (Fsp3) is 0.316. The van der Waals surface area contributed by atoms with Crippen molar-refractivity contribution < 1.29 is 17.9 Å². The van der Waals surface area contributed by atoms with Crippen LogP contribution in [-0.2, 0) is 16.6 Å². The van der Waals surface area contributed by atoms with E-state index in [1.165, 1.54) is 0 Å². The number of hydrogen-bond donors (Lipinski definition) is 2. The molecule has 0 spiro atoms. The predicted molar refractivity (Wildman–Crippen MR) is 103 cm³/mol. The molecule has 7 heteroatoms. The Morgan fingerprint density at radius 1 is 1.15 bits per heavy atom. The van der Waals surface area contributed by atoms with Crippen molar-refractivity contribution in [2.45, 2.75) is 33.4 Å². The highest BCUT2D eigenvalue weighted by Gasteiger charge is 2.13. The Bertz CT molecular complexity index is 892. The largest absolute Gasteiger partial charge is 0.491 e. The average molecular weight is 376 g/mol. The first kappa shape index (κ1) is 19.8. The molecule has 0 aliphatic rings. The molecule has 0 aromatic heterocycles. The molecule has 0 heterocycles. The highest BCUT2D eigenvalue weighted by molar-refractivity contribution is 7.92. The van der Waals surface area contributed by atoms with Crippen molar-refractivity contribution in [3.05, 3.63) is 59.2 Å². The fourth-order valence-electron chi connectivity index (χ4n) is 2.47. The van der Waals surface area contributed by atoms with Crippen LogP contribution in [0.25, 0.3) is 0 Å². The summed E-state index contributed by atoms with van der Waals surface area (Å²) in [6, 6.07) is 12.5. The molecule has 2 rings (SSSR count). The number of carbonyl (C=O) groups excluding carboxylic acids is 1. The third-order valence-electron chi connectivity index (χ3n) is 3.60. The number of sulfonamides is 1. The van der Waals surface area contributed by atoms with E-state index in [0.29, 0.717) is 23.4 Å². The van der Waals surface area contributed by atoms with E-state index in [4.69, 9.17) is 4.74 Å². The Morgan fingerprint density at radius 2 is 1.85 bits per heavy atom. The van der Waals surface area contributed by atoms with E-state index in [9.17, 15) is 13.2 Å². The summed E-state index contributed by atoms with van der Waals surface area (Å²) in [5.41, 5.74) is 2.31. The van der Waals surface area contributed by atoms with E-state index in [0.717, 1.165) is 17.6 Å². The van der Waals surface area contributed by atoms with Crippen LogP contribution in [0, 0.1) is 6.92 Å². The number of rotatable bonds is 7. The van der Waals surface area contributed by atoms with Gasteiger partial charge in [-0.05, 0) is 56.2 Å². The zero-order valence-corrected chi connectivity index (χ0v) is 16.2. The van der Waals surface area contributed by atoms with Crippen LogP contribution in [0.5, 0.6) is 5.75 Å². The Balaban J connectivity index is 2.10. The van der Waals surface area contributed by atoms with Gasteiger partial charge in [0.2, 0.25) is 10.0 Å². The zero-order chi connectivity index (χ0) is 19.3. The first-order chi connectivity index (χ1) is 12.2. The molecule has 0 atom stereocenters. The number of carbonyl (C=O) groups is 1. The normalized spacial score (nSPS) is 11.3. The maximum absolute atomic E-state index is 12.5. The molecule has 0 saturated carbocycles. The molecule has 0 radical (unpaired) electrons. The van der Waals surface area contributed by atoms with Crippen molar-refractivity contribution in [3.63, 3.8) is 0 Å². The predicted octanol–water partition coefficient (Wildman–Crippen LogP) is 3.08. The average Bonchev–Trinajstić information content (AvgIpc) is 2.53. The second-order valence-electron chi connectivity index (χ2n) is 6.35. The first-order valence-electron chi connectivity index (χ1n) is 8.27. The van der Waals surface area contributed by atoms with E-state index in [1.807, 2.05) is 38.1 Å². The van der Waals surface area contributed by atoms with Crippen molar-refractivity contribution in [1.82, 2.24) is 5.32 Å². The van der Waals surface area contributed by atoms with Crippen molar-refractivity contribution in [1.29, 1.82) is 0 Å². The van der Waals surface area contributed by atoms with E-state index >= 15 is 0 Å². The quantitative estimate of drug-likeness (QED) is 0.778. The van der Waals surface area contributed by atoms with Gasteiger partial charge in [-0.3, -0.25) is 9.52 Å². The molecule has 2 aromatic carbocycles. The van der Waals surface area contributed by atoms with Gasteiger partial charge in [-0.25, -0.2) is 8.42 Å². The molecule has 0 unspecified atom stereocenters. The molecule has 0 bridgehead atoms. The highest BCUT2D eigenvalue weighted by Crippen LogP contribution is 2.20. The number of hydrogen-bond acceptors (Lipinski definition) is 4. The van der Waals surface area contributed by atoms with Gasteiger partial charge in [-0.15, -0.1) is 0 Å². The molecule has 0 fully saturated rings. The summed E-state index contributed by atoms with van der Waals surface area (Å²) in [6.07, 6.45) is 1.15. The lowest BCUT2D eigenvalue weighted by Crippen LogP contribution is -2.24. The lowest BCUT2D eigenvalue weighted by atomic mass is 10.1. The number of anilines is 1. The highest BCUT2D eigenvalue weighted by atomic mass is 32.2. The van der Waals surface area contributed by atoms with Gasteiger partial charge >= 0.3 is 0 Å². The van der Waals surface area contributed by atoms with Crippen LogP contribution in [0.3, 0.4) is 0 Å². The minimum atomic E-state index is -3.41. The number of ether oxygens (including phenoxy) is 1. The number of benzene rings is 2. The smallest absolute Gasteiger partial charge is 0.251 e. The van der Waals surface area contributed by atoms with Gasteiger partial charge in [0.15, 0.2) is 0 Å². The zero-order valence-electron chi connectivity index (χ0n) is 15.4. The van der Waals surface area contributed by atoms with E-state index < -0.39 is 10.0 Å². The lowest BCUT2D eigenvalue weighted by molar-refractivity contribution is 0.0950. The monoisotopic (exact) mass is 376 g/mol. The SMILES string of the molecule is Cc1c(NS(C)(=O)=O)cccc1C(=O)NCc1cccc(OC(C)C)c1. The molecule has 0 saturated heterocycles. The third-order valence-corrected chi connectivity index (χ3v) is 4.19. The van der Waals surface area contributed by atoms with Gasteiger partial charge in [-0.1, -0.05) is 18.2 Å². The molecule has 2 N–H and O–H groups in total. The van der Waals surface area contributed by atoms with Crippen LogP contribution in [0.1, 0.15) is 35.3 Å². The van der Waals surface area contributed by atoms with Crippen molar-refractivity contribution in [2.24, 2.45) is 0 Å².